The Morgan fingerprint density at radius 1 is 1.38 bits per heavy atom. The van der Waals surface area contributed by atoms with Gasteiger partial charge in [-0.1, -0.05) is 0 Å². The van der Waals surface area contributed by atoms with E-state index in [1.54, 1.807) is 23.7 Å². The SMILES string of the molecule is Cc1cc(OCc2ncnn2C(C)C)ccc1S(=O)(=O)Cl. The highest BCUT2D eigenvalue weighted by atomic mass is 35.7. The molecule has 0 aliphatic heterocycles. The van der Waals surface area contributed by atoms with E-state index in [-0.39, 0.29) is 17.5 Å². The average molecular weight is 330 g/mol. The fraction of sp³-hybridized carbons (Fsp3) is 0.385. The summed E-state index contributed by atoms with van der Waals surface area (Å²) in [6.07, 6.45) is 1.48. The first-order chi connectivity index (χ1) is 9.79. The molecule has 1 heterocycles. The summed E-state index contributed by atoms with van der Waals surface area (Å²) in [7, 11) is 1.60. The molecule has 0 amide bonds. The molecule has 0 saturated heterocycles. The predicted octanol–water partition coefficient (Wildman–Crippen LogP) is 2.67. The molecule has 0 spiro atoms. The second-order valence-corrected chi connectivity index (χ2v) is 7.40. The zero-order valence-corrected chi connectivity index (χ0v) is 13.5. The monoisotopic (exact) mass is 329 g/mol. The highest BCUT2D eigenvalue weighted by Gasteiger charge is 2.14. The molecule has 0 bridgehead atoms. The minimum Gasteiger partial charge on any atom is -0.486 e. The number of ether oxygens (including phenoxy) is 1. The van der Waals surface area contributed by atoms with Crippen LogP contribution in [0.2, 0.25) is 0 Å². The van der Waals surface area contributed by atoms with Crippen molar-refractivity contribution in [1.29, 1.82) is 0 Å². The van der Waals surface area contributed by atoms with Crippen molar-refractivity contribution in [2.45, 2.75) is 38.3 Å². The van der Waals surface area contributed by atoms with Gasteiger partial charge in [-0.05, 0) is 44.5 Å². The Hall–Kier alpha value is -1.60. The molecule has 1 aromatic carbocycles. The van der Waals surface area contributed by atoms with Gasteiger partial charge < -0.3 is 4.74 Å². The van der Waals surface area contributed by atoms with Crippen molar-refractivity contribution < 1.29 is 13.2 Å². The quantitative estimate of drug-likeness (QED) is 0.788. The molecule has 0 atom stereocenters. The average Bonchev–Trinajstić information content (AvgIpc) is 2.83. The van der Waals surface area contributed by atoms with Crippen LogP contribution in [0.1, 0.15) is 31.3 Å². The minimum absolute atomic E-state index is 0.0851. The lowest BCUT2D eigenvalue weighted by atomic mass is 10.2. The van der Waals surface area contributed by atoms with Crippen LogP contribution in [-0.4, -0.2) is 23.2 Å². The summed E-state index contributed by atoms with van der Waals surface area (Å²) < 4.78 is 30.1. The summed E-state index contributed by atoms with van der Waals surface area (Å²) in [5, 5.41) is 4.12. The summed E-state index contributed by atoms with van der Waals surface area (Å²) in [5.74, 6) is 1.26. The fourth-order valence-electron chi connectivity index (χ4n) is 1.94. The van der Waals surface area contributed by atoms with E-state index in [2.05, 4.69) is 10.1 Å². The van der Waals surface area contributed by atoms with Gasteiger partial charge in [0.25, 0.3) is 9.05 Å². The van der Waals surface area contributed by atoms with E-state index in [0.717, 1.165) is 0 Å². The number of nitrogens with zero attached hydrogens (tertiary/aromatic N) is 3. The van der Waals surface area contributed by atoms with Crippen LogP contribution in [0.3, 0.4) is 0 Å². The molecular weight excluding hydrogens is 314 g/mol. The zero-order chi connectivity index (χ0) is 15.6. The van der Waals surface area contributed by atoms with Gasteiger partial charge in [-0.3, -0.25) is 0 Å². The number of aryl methyl sites for hydroxylation is 1. The molecule has 1 aromatic heterocycles. The predicted molar refractivity (Wildman–Crippen MR) is 79.0 cm³/mol. The lowest BCUT2D eigenvalue weighted by Gasteiger charge is -2.11. The van der Waals surface area contributed by atoms with Crippen LogP contribution in [0.25, 0.3) is 0 Å². The normalized spacial score (nSPS) is 11.9. The van der Waals surface area contributed by atoms with Crippen LogP contribution >= 0.6 is 10.7 Å². The van der Waals surface area contributed by atoms with Crippen LogP contribution in [0.5, 0.6) is 5.75 Å². The van der Waals surface area contributed by atoms with E-state index in [0.29, 0.717) is 17.1 Å². The van der Waals surface area contributed by atoms with Crippen LogP contribution in [0.4, 0.5) is 0 Å². The van der Waals surface area contributed by atoms with Crippen molar-refractivity contribution >= 4 is 19.7 Å². The first kappa shape index (κ1) is 15.8. The number of hydrogen-bond donors (Lipinski definition) is 0. The molecule has 2 rings (SSSR count). The molecule has 8 heteroatoms. The number of benzene rings is 1. The fourth-order valence-corrected chi connectivity index (χ4v) is 3.14. The number of hydrogen-bond acceptors (Lipinski definition) is 5. The Morgan fingerprint density at radius 3 is 2.67 bits per heavy atom. The first-order valence-corrected chi connectivity index (χ1v) is 8.66. The van der Waals surface area contributed by atoms with E-state index in [1.807, 2.05) is 13.8 Å². The van der Waals surface area contributed by atoms with E-state index >= 15 is 0 Å². The van der Waals surface area contributed by atoms with Crippen LogP contribution in [0, 0.1) is 6.92 Å². The van der Waals surface area contributed by atoms with Crippen LogP contribution < -0.4 is 4.74 Å². The molecule has 0 saturated carbocycles. The summed E-state index contributed by atoms with van der Waals surface area (Å²) in [6, 6.07) is 4.82. The van der Waals surface area contributed by atoms with Crippen molar-refractivity contribution in [3.8, 4) is 5.75 Å². The highest BCUT2D eigenvalue weighted by Crippen LogP contribution is 2.24. The molecule has 21 heavy (non-hydrogen) atoms. The van der Waals surface area contributed by atoms with Crippen molar-refractivity contribution in [1.82, 2.24) is 14.8 Å². The van der Waals surface area contributed by atoms with Gasteiger partial charge in [0.1, 0.15) is 18.7 Å². The Bertz CT molecular complexity index is 741. The third kappa shape index (κ3) is 3.74. The molecule has 2 aromatic rings. The molecule has 0 N–H and O–H groups in total. The largest absolute Gasteiger partial charge is 0.486 e. The summed E-state index contributed by atoms with van der Waals surface area (Å²) in [4.78, 5) is 4.23. The van der Waals surface area contributed by atoms with Gasteiger partial charge in [-0.15, -0.1) is 0 Å². The molecule has 0 aliphatic carbocycles. The van der Waals surface area contributed by atoms with E-state index < -0.39 is 9.05 Å². The van der Waals surface area contributed by atoms with E-state index in [9.17, 15) is 8.42 Å². The van der Waals surface area contributed by atoms with Crippen molar-refractivity contribution in [3.05, 3.63) is 35.9 Å². The molecule has 0 aliphatic rings. The molecule has 114 valence electrons. The Kier molecular flexibility index (Phi) is 4.53. The van der Waals surface area contributed by atoms with Gasteiger partial charge in [0, 0.05) is 16.7 Å². The summed E-state index contributed by atoms with van der Waals surface area (Å²) in [5.41, 5.74) is 0.535. The number of aromatic nitrogens is 3. The van der Waals surface area contributed by atoms with Crippen molar-refractivity contribution in [2.24, 2.45) is 0 Å². The molecular formula is C13H16ClN3O3S. The van der Waals surface area contributed by atoms with Crippen molar-refractivity contribution in [3.63, 3.8) is 0 Å². The smallest absolute Gasteiger partial charge is 0.261 e. The lowest BCUT2D eigenvalue weighted by Crippen LogP contribution is -2.10. The molecule has 0 fully saturated rings. The Labute approximate surface area is 128 Å². The summed E-state index contributed by atoms with van der Waals surface area (Å²) >= 11 is 0. The summed E-state index contributed by atoms with van der Waals surface area (Å²) in [6.45, 7) is 5.92. The van der Waals surface area contributed by atoms with Crippen LogP contribution in [-0.2, 0) is 15.7 Å². The van der Waals surface area contributed by atoms with Gasteiger partial charge in [-0.2, -0.15) is 5.10 Å². The second kappa shape index (κ2) is 6.03. The Balaban J connectivity index is 2.14. The molecule has 0 radical (unpaired) electrons. The standard InChI is InChI=1S/C13H16ClN3O3S/c1-9(2)17-13(15-8-16-17)7-20-11-4-5-12(10(3)6-11)21(14,18)19/h4-6,8-9H,7H2,1-3H3. The molecule has 6 nitrogen and oxygen atoms in total. The van der Waals surface area contributed by atoms with Crippen LogP contribution in [0.15, 0.2) is 29.4 Å². The van der Waals surface area contributed by atoms with Gasteiger partial charge in [0.05, 0.1) is 4.90 Å². The molecule has 0 unspecified atom stereocenters. The van der Waals surface area contributed by atoms with E-state index in [4.69, 9.17) is 15.4 Å². The van der Waals surface area contributed by atoms with Gasteiger partial charge in [-0.25, -0.2) is 18.1 Å². The minimum atomic E-state index is -3.74. The first-order valence-electron chi connectivity index (χ1n) is 6.35. The number of rotatable bonds is 5. The second-order valence-electron chi connectivity index (χ2n) is 4.87. The van der Waals surface area contributed by atoms with Gasteiger partial charge in [0.2, 0.25) is 0 Å². The number of halogens is 1. The van der Waals surface area contributed by atoms with E-state index in [1.165, 1.54) is 12.4 Å². The third-order valence-electron chi connectivity index (χ3n) is 2.91. The maximum atomic E-state index is 11.3. The van der Waals surface area contributed by atoms with Crippen molar-refractivity contribution in [2.75, 3.05) is 0 Å². The highest BCUT2D eigenvalue weighted by molar-refractivity contribution is 8.13. The Morgan fingerprint density at radius 2 is 2.10 bits per heavy atom. The maximum absolute atomic E-state index is 11.3. The zero-order valence-electron chi connectivity index (χ0n) is 11.9. The van der Waals surface area contributed by atoms with Gasteiger partial charge in [0.15, 0.2) is 5.82 Å². The van der Waals surface area contributed by atoms with Gasteiger partial charge >= 0.3 is 0 Å². The third-order valence-corrected chi connectivity index (χ3v) is 4.40. The maximum Gasteiger partial charge on any atom is 0.261 e. The topological polar surface area (TPSA) is 74.1 Å². The lowest BCUT2D eigenvalue weighted by molar-refractivity contribution is 0.282.